The van der Waals surface area contributed by atoms with E-state index in [1.54, 1.807) is 4.68 Å². The predicted octanol–water partition coefficient (Wildman–Crippen LogP) is 3.84. The van der Waals surface area contributed by atoms with Crippen LogP contribution in [0.1, 0.15) is 35.9 Å². The first-order valence-corrected chi connectivity index (χ1v) is 10.1. The Morgan fingerprint density at radius 3 is 2.83 bits per heavy atom. The van der Waals surface area contributed by atoms with E-state index in [4.69, 9.17) is 9.47 Å². The van der Waals surface area contributed by atoms with Crippen molar-refractivity contribution in [3.63, 3.8) is 0 Å². The molecule has 1 aromatic heterocycles. The molecular formula is C21H26F3N3O2. The highest BCUT2D eigenvalue weighted by Gasteiger charge is 2.31. The zero-order valence-electron chi connectivity index (χ0n) is 16.5. The summed E-state index contributed by atoms with van der Waals surface area (Å²) in [6, 6.07) is 6.97. The molecule has 0 N–H and O–H groups in total. The maximum atomic E-state index is 12.8. The van der Waals surface area contributed by atoms with E-state index in [0.717, 1.165) is 49.1 Å². The lowest BCUT2D eigenvalue weighted by Crippen LogP contribution is -2.39. The fraction of sp³-hybridized carbons (Fsp3) is 0.571. The molecule has 1 aliphatic carbocycles. The average Bonchev–Trinajstić information content (AvgIpc) is 3.42. The summed E-state index contributed by atoms with van der Waals surface area (Å²) in [6.07, 6.45) is -1.18. The van der Waals surface area contributed by atoms with Gasteiger partial charge in [-0.2, -0.15) is 18.3 Å². The second-order valence-electron chi connectivity index (χ2n) is 7.87. The minimum absolute atomic E-state index is 0.0353. The molecule has 1 saturated heterocycles. The molecule has 1 aromatic carbocycles. The molecule has 0 bridgehead atoms. The average molecular weight is 409 g/mol. The molecule has 2 aliphatic rings. The van der Waals surface area contributed by atoms with Gasteiger partial charge in [0.2, 0.25) is 0 Å². The zero-order valence-corrected chi connectivity index (χ0v) is 16.5. The Kier molecular flexibility index (Phi) is 5.83. The van der Waals surface area contributed by atoms with Crippen LogP contribution in [0.15, 0.2) is 30.3 Å². The Morgan fingerprint density at radius 2 is 2.07 bits per heavy atom. The largest absolute Gasteiger partial charge is 0.493 e. The van der Waals surface area contributed by atoms with Gasteiger partial charge in [0.25, 0.3) is 0 Å². The summed E-state index contributed by atoms with van der Waals surface area (Å²) in [5.74, 6) is 1.06. The van der Waals surface area contributed by atoms with Crippen molar-refractivity contribution in [3.05, 3.63) is 47.3 Å². The summed E-state index contributed by atoms with van der Waals surface area (Å²) in [6.45, 7) is 3.96. The van der Waals surface area contributed by atoms with Crippen LogP contribution in [0.5, 0.6) is 5.75 Å². The SMILES string of the molecule is Cn1nc(C2CN(CC3CC3)CCO2)cc1CCOc1cccc(C(F)(F)F)c1. The van der Waals surface area contributed by atoms with Crippen molar-refractivity contribution in [1.29, 1.82) is 0 Å². The molecule has 0 radical (unpaired) electrons. The van der Waals surface area contributed by atoms with Gasteiger partial charge >= 0.3 is 6.18 Å². The van der Waals surface area contributed by atoms with Crippen LogP contribution in [0.25, 0.3) is 0 Å². The van der Waals surface area contributed by atoms with Crippen molar-refractivity contribution in [3.8, 4) is 5.75 Å². The van der Waals surface area contributed by atoms with Crippen LogP contribution in [0.3, 0.4) is 0 Å². The molecule has 8 heteroatoms. The summed E-state index contributed by atoms with van der Waals surface area (Å²) in [5.41, 5.74) is 1.17. The fourth-order valence-corrected chi connectivity index (χ4v) is 3.67. The van der Waals surface area contributed by atoms with Gasteiger partial charge in [0, 0.05) is 38.8 Å². The van der Waals surface area contributed by atoms with E-state index in [0.29, 0.717) is 13.0 Å². The first kappa shape index (κ1) is 20.2. The van der Waals surface area contributed by atoms with E-state index in [-0.39, 0.29) is 18.5 Å². The second kappa shape index (κ2) is 8.36. The van der Waals surface area contributed by atoms with Gasteiger partial charge in [0.15, 0.2) is 0 Å². The van der Waals surface area contributed by atoms with E-state index in [2.05, 4.69) is 10.00 Å². The predicted molar refractivity (Wildman–Crippen MR) is 102 cm³/mol. The maximum absolute atomic E-state index is 12.8. The summed E-state index contributed by atoms with van der Waals surface area (Å²) in [5, 5.41) is 4.60. The monoisotopic (exact) mass is 409 g/mol. The Bertz CT molecular complexity index is 833. The lowest BCUT2D eigenvalue weighted by atomic mass is 10.1. The van der Waals surface area contributed by atoms with Gasteiger partial charge in [-0.25, -0.2) is 0 Å². The van der Waals surface area contributed by atoms with Crippen molar-refractivity contribution in [1.82, 2.24) is 14.7 Å². The maximum Gasteiger partial charge on any atom is 0.416 e. The summed E-state index contributed by atoms with van der Waals surface area (Å²) >= 11 is 0. The number of nitrogens with zero attached hydrogens (tertiary/aromatic N) is 3. The fourth-order valence-electron chi connectivity index (χ4n) is 3.67. The number of rotatable bonds is 7. The number of halogens is 3. The molecule has 2 heterocycles. The van der Waals surface area contributed by atoms with Crippen LogP contribution in [0.4, 0.5) is 13.2 Å². The summed E-state index contributed by atoms with van der Waals surface area (Å²) in [7, 11) is 1.87. The number of alkyl halides is 3. The van der Waals surface area contributed by atoms with E-state index in [1.165, 1.54) is 25.0 Å². The van der Waals surface area contributed by atoms with Crippen molar-refractivity contribution in [2.24, 2.45) is 13.0 Å². The molecular weight excluding hydrogens is 383 g/mol. The summed E-state index contributed by atoms with van der Waals surface area (Å²) in [4.78, 5) is 2.46. The van der Waals surface area contributed by atoms with Crippen LogP contribution in [0.2, 0.25) is 0 Å². The molecule has 2 aromatic rings. The molecule has 0 amide bonds. The molecule has 158 valence electrons. The third-order valence-corrected chi connectivity index (χ3v) is 5.48. The van der Waals surface area contributed by atoms with Crippen molar-refractivity contribution in [2.75, 3.05) is 32.8 Å². The van der Waals surface area contributed by atoms with Crippen LogP contribution < -0.4 is 4.74 Å². The van der Waals surface area contributed by atoms with Crippen LogP contribution in [0, 0.1) is 5.92 Å². The van der Waals surface area contributed by atoms with Crippen molar-refractivity contribution in [2.45, 2.75) is 31.5 Å². The molecule has 1 aliphatic heterocycles. The summed E-state index contributed by atoms with van der Waals surface area (Å²) < 4.78 is 51.7. The molecule has 1 saturated carbocycles. The molecule has 1 unspecified atom stereocenters. The van der Waals surface area contributed by atoms with Gasteiger partial charge in [-0.05, 0) is 43.0 Å². The first-order valence-electron chi connectivity index (χ1n) is 10.1. The number of aromatic nitrogens is 2. The highest BCUT2D eigenvalue weighted by atomic mass is 19.4. The highest BCUT2D eigenvalue weighted by Crippen LogP contribution is 2.32. The van der Waals surface area contributed by atoms with Gasteiger partial charge in [0.1, 0.15) is 11.9 Å². The first-order chi connectivity index (χ1) is 13.9. The van der Waals surface area contributed by atoms with Crippen LogP contribution >= 0.6 is 0 Å². The lowest BCUT2D eigenvalue weighted by molar-refractivity contribution is -0.137. The molecule has 1 atom stereocenters. The van der Waals surface area contributed by atoms with E-state index >= 15 is 0 Å². The molecule has 2 fully saturated rings. The molecule has 0 spiro atoms. The third kappa shape index (κ3) is 5.30. The standard InChI is InChI=1S/C21H26F3N3O2/c1-26-17(7-9-28-18-4-2-3-16(11-18)21(22,23)24)12-19(25-26)20-14-27(8-10-29-20)13-15-5-6-15/h2-4,11-12,15,20H,5-10,13-14H2,1H3. The molecule has 4 rings (SSSR count). The number of ether oxygens (including phenoxy) is 2. The van der Waals surface area contributed by atoms with Crippen LogP contribution in [-0.4, -0.2) is 47.5 Å². The lowest BCUT2D eigenvalue weighted by Gasteiger charge is -2.32. The van der Waals surface area contributed by atoms with Gasteiger partial charge in [-0.3, -0.25) is 9.58 Å². The van der Waals surface area contributed by atoms with Gasteiger partial charge in [0.05, 0.1) is 24.5 Å². The Labute approximate surface area is 168 Å². The Morgan fingerprint density at radius 1 is 1.24 bits per heavy atom. The zero-order chi connectivity index (χ0) is 20.4. The van der Waals surface area contributed by atoms with Gasteiger partial charge in [-0.15, -0.1) is 0 Å². The van der Waals surface area contributed by atoms with E-state index in [1.807, 2.05) is 13.1 Å². The van der Waals surface area contributed by atoms with Gasteiger partial charge < -0.3 is 9.47 Å². The Hall–Kier alpha value is -2.06. The number of morpholine rings is 1. The van der Waals surface area contributed by atoms with Crippen molar-refractivity contribution < 1.29 is 22.6 Å². The number of aryl methyl sites for hydroxylation is 1. The number of hydrogen-bond donors (Lipinski definition) is 0. The normalized spacial score (nSPS) is 20.8. The smallest absolute Gasteiger partial charge is 0.416 e. The number of hydrogen-bond acceptors (Lipinski definition) is 4. The minimum Gasteiger partial charge on any atom is -0.493 e. The second-order valence-corrected chi connectivity index (χ2v) is 7.87. The van der Waals surface area contributed by atoms with Gasteiger partial charge in [-0.1, -0.05) is 6.07 Å². The van der Waals surface area contributed by atoms with E-state index < -0.39 is 11.7 Å². The topological polar surface area (TPSA) is 39.5 Å². The van der Waals surface area contributed by atoms with Crippen molar-refractivity contribution >= 4 is 0 Å². The highest BCUT2D eigenvalue weighted by molar-refractivity contribution is 5.30. The third-order valence-electron chi connectivity index (χ3n) is 5.48. The number of benzene rings is 1. The quantitative estimate of drug-likeness (QED) is 0.697. The minimum atomic E-state index is -4.37. The Balaban J connectivity index is 1.32. The van der Waals surface area contributed by atoms with Crippen LogP contribution in [-0.2, 0) is 24.4 Å². The molecule has 29 heavy (non-hydrogen) atoms. The van der Waals surface area contributed by atoms with E-state index in [9.17, 15) is 13.2 Å². The molecule has 5 nitrogen and oxygen atoms in total.